The van der Waals surface area contributed by atoms with Gasteiger partial charge >= 0.3 is 0 Å². The monoisotopic (exact) mass is 464 g/mol. The lowest BCUT2D eigenvalue weighted by Crippen LogP contribution is -2.25. The summed E-state index contributed by atoms with van der Waals surface area (Å²) in [5.74, 6) is -1.31. The van der Waals surface area contributed by atoms with E-state index in [4.69, 9.17) is 10.5 Å². The molecule has 2 aromatic heterocycles. The highest BCUT2D eigenvalue weighted by Gasteiger charge is 2.33. The highest BCUT2D eigenvalue weighted by atomic mass is 32.1. The zero-order valence-corrected chi connectivity index (χ0v) is 18.6. The first kappa shape index (κ1) is 21.4. The average Bonchev–Trinajstić information content (AvgIpc) is 3.52. The molecule has 1 fully saturated rings. The second-order valence-corrected chi connectivity index (χ2v) is 8.84. The van der Waals surface area contributed by atoms with Crippen LogP contribution in [0.25, 0.3) is 16.3 Å². The maximum absolute atomic E-state index is 13.9. The maximum Gasteiger partial charge on any atom is 0.160 e. The van der Waals surface area contributed by atoms with Crippen molar-refractivity contribution in [3.05, 3.63) is 101 Å². The van der Waals surface area contributed by atoms with Crippen LogP contribution in [-0.4, -0.2) is 27.8 Å². The molecule has 1 aliphatic rings. The van der Waals surface area contributed by atoms with Crippen LogP contribution in [0.5, 0.6) is 0 Å². The van der Waals surface area contributed by atoms with Gasteiger partial charge < -0.3 is 15.4 Å². The SMILES string of the molecule is C=C1COC(c2cn(-c3cc(F)cc(F)c3)nc2-c2cccs2)N1CCc1ccc(N)cc1. The van der Waals surface area contributed by atoms with Gasteiger partial charge in [0.25, 0.3) is 0 Å². The van der Waals surface area contributed by atoms with Crippen LogP contribution in [0.1, 0.15) is 17.4 Å². The first-order valence-electron chi connectivity index (χ1n) is 10.5. The molecule has 5 rings (SSSR count). The lowest BCUT2D eigenvalue weighted by Gasteiger charge is -2.25. The first-order chi connectivity index (χ1) is 16.0. The summed E-state index contributed by atoms with van der Waals surface area (Å²) in [6.45, 7) is 5.27. The van der Waals surface area contributed by atoms with E-state index in [1.54, 1.807) is 17.5 Å². The fourth-order valence-electron chi connectivity index (χ4n) is 3.96. The van der Waals surface area contributed by atoms with Crippen molar-refractivity contribution in [2.45, 2.75) is 12.6 Å². The van der Waals surface area contributed by atoms with E-state index in [-0.39, 0.29) is 0 Å². The summed E-state index contributed by atoms with van der Waals surface area (Å²) in [4.78, 5) is 3.06. The topological polar surface area (TPSA) is 56.3 Å². The second kappa shape index (κ2) is 8.80. The zero-order valence-electron chi connectivity index (χ0n) is 17.7. The van der Waals surface area contributed by atoms with Crippen molar-refractivity contribution in [3.8, 4) is 16.3 Å². The summed E-state index contributed by atoms with van der Waals surface area (Å²) in [5.41, 5.74) is 10.4. The number of hydrogen-bond acceptors (Lipinski definition) is 5. The molecule has 1 atom stereocenters. The van der Waals surface area contributed by atoms with E-state index in [1.807, 2.05) is 41.8 Å². The number of benzene rings is 2. The van der Waals surface area contributed by atoms with Gasteiger partial charge in [-0.15, -0.1) is 11.3 Å². The van der Waals surface area contributed by atoms with E-state index in [9.17, 15) is 8.78 Å². The van der Waals surface area contributed by atoms with Crippen LogP contribution < -0.4 is 5.73 Å². The van der Waals surface area contributed by atoms with E-state index in [0.717, 1.165) is 39.9 Å². The molecule has 33 heavy (non-hydrogen) atoms. The summed E-state index contributed by atoms with van der Waals surface area (Å²) in [5, 5.41) is 6.65. The molecule has 168 valence electrons. The Morgan fingerprint density at radius 3 is 2.58 bits per heavy atom. The molecule has 2 aromatic carbocycles. The molecule has 3 heterocycles. The van der Waals surface area contributed by atoms with Gasteiger partial charge in [-0.25, -0.2) is 13.5 Å². The lowest BCUT2D eigenvalue weighted by atomic mass is 10.1. The molecule has 0 aliphatic carbocycles. The van der Waals surface area contributed by atoms with Gasteiger partial charge in [0.1, 0.15) is 17.3 Å². The van der Waals surface area contributed by atoms with Crippen molar-refractivity contribution in [1.29, 1.82) is 0 Å². The van der Waals surface area contributed by atoms with Crippen LogP contribution in [0.3, 0.4) is 0 Å². The molecule has 0 spiro atoms. The third-order valence-electron chi connectivity index (χ3n) is 5.59. The Morgan fingerprint density at radius 2 is 1.88 bits per heavy atom. The van der Waals surface area contributed by atoms with Crippen LogP contribution in [0, 0.1) is 11.6 Å². The van der Waals surface area contributed by atoms with Crippen molar-refractivity contribution in [2.75, 3.05) is 18.9 Å². The van der Waals surface area contributed by atoms with E-state index in [2.05, 4.69) is 16.6 Å². The molecular weight excluding hydrogens is 442 g/mol. The molecule has 2 N–H and O–H groups in total. The maximum atomic E-state index is 13.9. The number of halogens is 2. The summed E-state index contributed by atoms with van der Waals surface area (Å²) in [6, 6.07) is 15.1. The van der Waals surface area contributed by atoms with Crippen LogP contribution in [-0.2, 0) is 11.2 Å². The molecular formula is C25H22F2N4OS. The minimum Gasteiger partial charge on any atom is -0.399 e. The summed E-state index contributed by atoms with van der Waals surface area (Å²) < 4.78 is 35.3. The summed E-state index contributed by atoms with van der Waals surface area (Å²) in [7, 11) is 0. The van der Waals surface area contributed by atoms with Gasteiger partial charge in [-0.1, -0.05) is 24.8 Å². The van der Waals surface area contributed by atoms with Crippen molar-refractivity contribution in [2.24, 2.45) is 0 Å². The predicted octanol–water partition coefficient (Wildman–Crippen LogP) is 5.55. The molecule has 1 unspecified atom stereocenters. The Bertz CT molecular complexity index is 1260. The fraction of sp³-hybridized carbons (Fsp3) is 0.160. The number of nitrogens with two attached hydrogens (primary N) is 1. The molecule has 1 aliphatic heterocycles. The highest BCUT2D eigenvalue weighted by Crippen LogP contribution is 2.39. The summed E-state index contributed by atoms with van der Waals surface area (Å²) in [6.07, 6.45) is 2.16. The van der Waals surface area contributed by atoms with Gasteiger partial charge in [0.15, 0.2) is 6.23 Å². The third kappa shape index (κ3) is 4.40. The number of nitrogens with zero attached hydrogens (tertiary/aromatic N) is 3. The minimum absolute atomic E-state index is 0.307. The Morgan fingerprint density at radius 1 is 1.12 bits per heavy atom. The first-order valence-corrected chi connectivity index (χ1v) is 11.4. The molecule has 0 amide bonds. The molecule has 1 saturated heterocycles. The molecule has 0 radical (unpaired) electrons. The van der Waals surface area contributed by atoms with E-state index < -0.39 is 17.9 Å². The van der Waals surface area contributed by atoms with Crippen molar-refractivity contribution in [1.82, 2.24) is 14.7 Å². The number of anilines is 1. The Kier molecular flexibility index (Phi) is 5.70. The van der Waals surface area contributed by atoms with Crippen LogP contribution in [0.4, 0.5) is 14.5 Å². The van der Waals surface area contributed by atoms with Crippen LogP contribution in [0.15, 0.2) is 78.5 Å². The van der Waals surface area contributed by atoms with E-state index in [0.29, 0.717) is 24.5 Å². The van der Waals surface area contributed by atoms with Crippen molar-refractivity contribution < 1.29 is 13.5 Å². The number of rotatable bonds is 6. The standard InChI is InChI=1S/C25H22F2N4OS/c1-16-15-32-25(30(16)9-8-17-4-6-20(28)7-5-17)22-14-31(21-12-18(26)11-19(27)13-21)29-24(22)23-3-2-10-33-23/h2-7,10-14,25H,1,8-9,15,28H2. The van der Waals surface area contributed by atoms with Crippen LogP contribution >= 0.6 is 11.3 Å². The largest absolute Gasteiger partial charge is 0.399 e. The van der Waals surface area contributed by atoms with E-state index >= 15 is 0 Å². The highest BCUT2D eigenvalue weighted by molar-refractivity contribution is 7.13. The van der Waals surface area contributed by atoms with Crippen molar-refractivity contribution in [3.63, 3.8) is 0 Å². The molecule has 5 nitrogen and oxygen atoms in total. The number of ether oxygens (including phenoxy) is 1. The Balaban J connectivity index is 1.50. The van der Waals surface area contributed by atoms with Crippen molar-refractivity contribution >= 4 is 17.0 Å². The fourth-order valence-corrected chi connectivity index (χ4v) is 4.69. The quantitative estimate of drug-likeness (QED) is 0.380. The smallest absolute Gasteiger partial charge is 0.160 e. The average molecular weight is 465 g/mol. The second-order valence-electron chi connectivity index (χ2n) is 7.90. The van der Waals surface area contributed by atoms with Gasteiger partial charge in [-0.05, 0) is 47.7 Å². The normalized spacial score (nSPS) is 16.0. The number of aromatic nitrogens is 2. The zero-order chi connectivity index (χ0) is 22.9. The van der Waals surface area contributed by atoms with Gasteiger partial charge in [0.05, 0.1) is 17.2 Å². The predicted molar refractivity (Wildman–Crippen MR) is 126 cm³/mol. The summed E-state index contributed by atoms with van der Waals surface area (Å²) >= 11 is 1.55. The molecule has 4 aromatic rings. The van der Waals surface area contributed by atoms with Gasteiger partial charge in [-0.2, -0.15) is 5.10 Å². The minimum atomic E-state index is -0.657. The number of hydrogen-bond donors (Lipinski definition) is 1. The molecule has 0 bridgehead atoms. The molecule has 0 saturated carbocycles. The number of thiophene rings is 1. The van der Waals surface area contributed by atoms with Gasteiger partial charge in [-0.3, -0.25) is 0 Å². The molecule has 8 heteroatoms. The third-order valence-corrected chi connectivity index (χ3v) is 6.47. The Labute approximate surface area is 194 Å². The van der Waals surface area contributed by atoms with Gasteiger partial charge in [0, 0.05) is 35.8 Å². The number of nitrogen functional groups attached to an aromatic ring is 1. The lowest BCUT2D eigenvalue weighted by molar-refractivity contribution is 0.0356. The van der Waals surface area contributed by atoms with E-state index in [1.165, 1.54) is 16.8 Å². The van der Waals surface area contributed by atoms with Gasteiger partial charge in [0.2, 0.25) is 0 Å². The van der Waals surface area contributed by atoms with Crippen LogP contribution in [0.2, 0.25) is 0 Å². The Hall–Kier alpha value is -3.49.